The van der Waals surface area contributed by atoms with E-state index in [-0.39, 0.29) is 5.75 Å². The Balaban J connectivity index is 1.25. The van der Waals surface area contributed by atoms with Crippen LogP contribution in [0, 0.1) is 29.4 Å². The van der Waals surface area contributed by atoms with Gasteiger partial charge in [-0.15, -0.1) is 13.2 Å². The van der Waals surface area contributed by atoms with E-state index in [1.165, 1.54) is 24.3 Å². The van der Waals surface area contributed by atoms with Gasteiger partial charge < -0.3 is 4.74 Å². The molecule has 7 heteroatoms. The Hall–Kier alpha value is -2.15. The van der Waals surface area contributed by atoms with Gasteiger partial charge in [0, 0.05) is 31.3 Å². The van der Waals surface area contributed by atoms with E-state index in [2.05, 4.69) is 9.64 Å². The molecule has 0 amide bonds. The predicted molar refractivity (Wildman–Crippen MR) is 93.6 cm³/mol. The van der Waals surface area contributed by atoms with Gasteiger partial charge in [-0.2, -0.15) is 0 Å². The summed E-state index contributed by atoms with van der Waals surface area (Å²) < 4.78 is 67.7. The van der Waals surface area contributed by atoms with E-state index in [1.54, 1.807) is 6.07 Å². The van der Waals surface area contributed by atoms with E-state index in [0.29, 0.717) is 36.3 Å². The average Bonchev–Trinajstić information content (AvgIpc) is 3.05. The average molecular weight is 397 g/mol. The third kappa shape index (κ3) is 4.46. The lowest BCUT2D eigenvalue weighted by Gasteiger charge is -2.20. The second kappa shape index (κ2) is 7.35. The van der Waals surface area contributed by atoms with Gasteiger partial charge in [0.1, 0.15) is 17.4 Å². The van der Waals surface area contributed by atoms with Crippen LogP contribution in [0.25, 0.3) is 0 Å². The maximum Gasteiger partial charge on any atom is 0.573 e. The van der Waals surface area contributed by atoms with Crippen molar-refractivity contribution in [3.8, 4) is 5.75 Å². The molecule has 0 bridgehead atoms. The number of ether oxygens (including phenoxy) is 1. The summed E-state index contributed by atoms with van der Waals surface area (Å²) in [6.45, 7) is 2.23. The van der Waals surface area contributed by atoms with Crippen LogP contribution >= 0.6 is 0 Å². The van der Waals surface area contributed by atoms with Crippen molar-refractivity contribution in [1.82, 2.24) is 4.90 Å². The van der Waals surface area contributed by atoms with Gasteiger partial charge in [0.25, 0.3) is 0 Å². The van der Waals surface area contributed by atoms with Crippen LogP contribution < -0.4 is 4.74 Å². The number of aryl methyl sites for hydroxylation is 1. The van der Waals surface area contributed by atoms with Crippen molar-refractivity contribution in [2.45, 2.75) is 25.7 Å². The highest BCUT2D eigenvalue weighted by Crippen LogP contribution is 2.54. The second-order valence-electron chi connectivity index (χ2n) is 7.66. The van der Waals surface area contributed by atoms with Crippen molar-refractivity contribution >= 4 is 0 Å². The van der Waals surface area contributed by atoms with Crippen molar-refractivity contribution in [2.75, 3.05) is 13.1 Å². The molecule has 2 aliphatic rings. The van der Waals surface area contributed by atoms with Crippen molar-refractivity contribution < 1.29 is 26.7 Å². The molecule has 150 valence electrons. The fourth-order valence-electron chi connectivity index (χ4n) is 4.42. The van der Waals surface area contributed by atoms with Crippen molar-refractivity contribution in [2.24, 2.45) is 17.8 Å². The number of alkyl halides is 3. The smallest absolute Gasteiger partial charge is 0.406 e. The van der Waals surface area contributed by atoms with Crippen LogP contribution in [-0.4, -0.2) is 24.4 Å². The summed E-state index contributed by atoms with van der Waals surface area (Å²) in [7, 11) is 0. The quantitative estimate of drug-likeness (QED) is 0.624. The molecular formula is C21H20F5NO. The number of hydrogen-bond donors (Lipinski definition) is 0. The minimum atomic E-state index is -4.68. The topological polar surface area (TPSA) is 12.5 Å². The molecule has 0 aromatic heterocycles. The molecule has 1 aliphatic heterocycles. The molecule has 1 saturated heterocycles. The largest absolute Gasteiger partial charge is 0.573 e. The third-order valence-corrected chi connectivity index (χ3v) is 5.75. The number of benzene rings is 2. The summed E-state index contributed by atoms with van der Waals surface area (Å²) in [6.07, 6.45) is -3.05. The highest BCUT2D eigenvalue weighted by atomic mass is 19.4. The second-order valence-corrected chi connectivity index (χ2v) is 7.66. The molecule has 0 spiro atoms. The highest BCUT2D eigenvalue weighted by molar-refractivity contribution is 5.29. The van der Waals surface area contributed by atoms with E-state index in [1.807, 2.05) is 6.07 Å². The Labute approximate surface area is 159 Å². The molecule has 1 saturated carbocycles. The monoisotopic (exact) mass is 397 g/mol. The number of likely N-dealkylation sites (tertiary alicyclic amines) is 1. The van der Waals surface area contributed by atoms with Crippen LogP contribution in [0.15, 0.2) is 42.5 Å². The van der Waals surface area contributed by atoms with Crippen LogP contribution in [0.2, 0.25) is 0 Å². The standard InChI is InChI=1S/C21H20F5NO/c22-15-6-5-14(20(23)9-15)10-27-11-18-17(19(18)12-27)7-4-13-2-1-3-16(8-13)28-21(24,25)26/h1-3,5-6,8-9,17-19H,4,7,10-12H2. The van der Waals surface area contributed by atoms with Crippen LogP contribution in [0.3, 0.4) is 0 Å². The summed E-state index contributed by atoms with van der Waals surface area (Å²) in [5.41, 5.74) is 1.33. The van der Waals surface area contributed by atoms with Crippen LogP contribution in [-0.2, 0) is 13.0 Å². The van der Waals surface area contributed by atoms with Gasteiger partial charge in [0.05, 0.1) is 0 Å². The first-order chi connectivity index (χ1) is 13.3. The predicted octanol–water partition coefficient (Wildman–Crippen LogP) is 5.17. The highest BCUT2D eigenvalue weighted by Gasteiger charge is 2.54. The first kappa shape index (κ1) is 19.2. The van der Waals surface area contributed by atoms with E-state index in [4.69, 9.17) is 0 Å². The van der Waals surface area contributed by atoms with Gasteiger partial charge in [-0.05, 0) is 54.4 Å². The van der Waals surface area contributed by atoms with Crippen molar-refractivity contribution in [3.63, 3.8) is 0 Å². The Bertz CT molecular complexity index is 841. The lowest BCUT2D eigenvalue weighted by molar-refractivity contribution is -0.274. The first-order valence-electron chi connectivity index (χ1n) is 9.29. The first-order valence-corrected chi connectivity index (χ1v) is 9.29. The SMILES string of the molecule is Fc1ccc(CN2CC3C(CCc4cccc(OC(F)(F)F)c4)C3C2)c(F)c1. The zero-order chi connectivity index (χ0) is 19.9. The van der Waals surface area contributed by atoms with Crippen LogP contribution in [0.5, 0.6) is 5.75 Å². The molecule has 2 aromatic rings. The molecule has 0 radical (unpaired) electrons. The maximum atomic E-state index is 13.8. The van der Waals surface area contributed by atoms with Gasteiger partial charge in [0.15, 0.2) is 0 Å². The lowest BCUT2D eigenvalue weighted by Crippen LogP contribution is -2.24. The maximum absolute atomic E-state index is 13.8. The number of halogens is 5. The normalized spacial score (nSPS) is 24.2. The molecule has 2 unspecified atom stereocenters. The third-order valence-electron chi connectivity index (χ3n) is 5.75. The summed E-state index contributed by atoms with van der Waals surface area (Å²) in [6, 6.07) is 9.79. The molecule has 0 N–H and O–H groups in total. The lowest BCUT2D eigenvalue weighted by atomic mass is 10.0. The zero-order valence-electron chi connectivity index (χ0n) is 15.1. The Morgan fingerprint density at radius 1 is 1.00 bits per heavy atom. The summed E-state index contributed by atoms with van der Waals surface area (Å²) >= 11 is 0. The van der Waals surface area contributed by atoms with Crippen LogP contribution in [0.4, 0.5) is 22.0 Å². The molecule has 2 nitrogen and oxygen atoms in total. The van der Waals surface area contributed by atoms with Gasteiger partial charge in [0.2, 0.25) is 0 Å². The number of nitrogens with zero attached hydrogens (tertiary/aromatic N) is 1. The number of fused-ring (bicyclic) bond motifs is 1. The molecule has 4 rings (SSSR count). The summed E-state index contributed by atoms with van der Waals surface area (Å²) in [5.74, 6) is 0.389. The summed E-state index contributed by atoms with van der Waals surface area (Å²) in [5, 5.41) is 0. The Morgan fingerprint density at radius 2 is 1.75 bits per heavy atom. The molecule has 1 aliphatic carbocycles. The summed E-state index contributed by atoms with van der Waals surface area (Å²) in [4.78, 5) is 2.18. The van der Waals surface area contributed by atoms with E-state index >= 15 is 0 Å². The van der Waals surface area contributed by atoms with Crippen molar-refractivity contribution in [1.29, 1.82) is 0 Å². The fraction of sp³-hybridized carbons (Fsp3) is 0.429. The van der Waals surface area contributed by atoms with Crippen molar-refractivity contribution in [3.05, 3.63) is 65.2 Å². The fourth-order valence-corrected chi connectivity index (χ4v) is 4.42. The molecule has 2 aromatic carbocycles. The molecule has 2 atom stereocenters. The minimum absolute atomic E-state index is 0.187. The van der Waals surface area contributed by atoms with E-state index in [9.17, 15) is 22.0 Å². The molecular weight excluding hydrogens is 377 g/mol. The van der Waals surface area contributed by atoms with E-state index < -0.39 is 18.0 Å². The Kier molecular flexibility index (Phi) is 5.04. The Morgan fingerprint density at radius 3 is 2.43 bits per heavy atom. The zero-order valence-corrected chi connectivity index (χ0v) is 15.1. The number of hydrogen-bond acceptors (Lipinski definition) is 2. The number of piperidine rings is 1. The van der Waals surface area contributed by atoms with Gasteiger partial charge >= 0.3 is 6.36 Å². The van der Waals surface area contributed by atoms with Crippen LogP contribution in [0.1, 0.15) is 17.5 Å². The molecule has 1 heterocycles. The van der Waals surface area contributed by atoms with Gasteiger partial charge in [-0.25, -0.2) is 8.78 Å². The van der Waals surface area contributed by atoms with Gasteiger partial charge in [-0.1, -0.05) is 18.2 Å². The molecule has 2 fully saturated rings. The van der Waals surface area contributed by atoms with E-state index in [0.717, 1.165) is 31.1 Å². The van der Waals surface area contributed by atoms with Gasteiger partial charge in [-0.3, -0.25) is 4.90 Å². The molecule has 28 heavy (non-hydrogen) atoms. The minimum Gasteiger partial charge on any atom is -0.406 e. The number of rotatable bonds is 6.